The molecule has 0 heterocycles. The van der Waals surface area contributed by atoms with Crippen molar-refractivity contribution in [1.82, 2.24) is 0 Å². The van der Waals surface area contributed by atoms with Gasteiger partial charge in [0.05, 0.1) is 6.10 Å². The fraction of sp³-hybridized carbons (Fsp3) is 0.545. The second-order valence-electron chi connectivity index (χ2n) is 7.52. The highest BCUT2D eigenvalue weighted by molar-refractivity contribution is 5.37. The third-order valence-electron chi connectivity index (χ3n) is 4.65. The average molecular weight is 331 g/mol. The molecule has 0 saturated heterocycles. The van der Waals surface area contributed by atoms with Crippen LogP contribution < -0.4 is 0 Å². The maximum Gasteiger partial charge on any atom is 0.0748 e. The molecule has 1 aliphatic carbocycles. The molecule has 0 amide bonds. The normalized spacial score (nSPS) is 21.1. The van der Waals surface area contributed by atoms with Crippen LogP contribution in [0.4, 0.5) is 0 Å². The van der Waals surface area contributed by atoms with Crippen LogP contribution in [0.15, 0.2) is 58.7 Å². The van der Waals surface area contributed by atoms with Gasteiger partial charge in [0.25, 0.3) is 0 Å². The van der Waals surface area contributed by atoms with Crippen molar-refractivity contribution in [3.8, 4) is 0 Å². The summed E-state index contributed by atoms with van der Waals surface area (Å²) in [6.07, 6.45) is 15.9. The highest BCUT2D eigenvalue weighted by Gasteiger charge is 2.26. The molecule has 2 heteroatoms. The monoisotopic (exact) mass is 330 g/mol. The molecule has 0 aromatic rings. The third kappa shape index (κ3) is 7.02. The van der Waals surface area contributed by atoms with E-state index < -0.39 is 6.10 Å². The molecular formula is C22H34O2. The second-order valence-corrected chi connectivity index (χ2v) is 7.52. The molecule has 0 spiro atoms. The molecule has 0 bridgehead atoms. The first-order valence-electron chi connectivity index (χ1n) is 8.97. The van der Waals surface area contributed by atoms with Gasteiger partial charge in [-0.2, -0.15) is 0 Å². The van der Waals surface area contributed by atoms with E-state index in [0.29, 0.717) is 6.42 Å². The molecule has 2 N–H and O–H groups in total. The van der Waals surface area contributed by atoms with E-state index in [-0.39, 0.29) is 12.0 Å². The maximum absolute atomic E-state index is 9.63. The van der Waals surface area contributed by atoms with E-state index in [2.05, 4.69) is 45.9 Å². The number of aliphatic hydroxyl groups excluding tert-OH is 2. The zero-order valence-electron chi connectivity index (χ0n) is 16.0. The lowest BCUT2D eigenvalue weighted by Gasteiger charge is -2.32. The van der Waals surface area contributed by atoms with Crippen LogP contribution in [0.2, 0.25) is 0 Å². The predicted octanol–water partition coefficient (Wildman–Crippen LogP) is 5.26. The molecule has 1 rings (SSSR count). The molecule has 0 fully saturated rings. The molecule has 0 aromatic carbocycles. The van der Waals surface area contributed by atoms with Gasteiger partial charge in [0.15, 0.2) is 0 Å². The quantitative estimate of drug-likeness (QED) is 0.625. The maximum atomic E-state index is 9.63. The molecule has 0 radical (unpaired) electrons. The van der Waals surface area contributed by atoms with Crippen molar-refractivity contribution in [1.29, 1.82) is 0 Å². The molecule has 24 heavy (non-hydrogen) atoms. The Morgan fingerprint density at radius 1 is 1.21 bits per heavy atom. The molecule has 1 atom stereocenters. The Morgan fingerprint density at radius 2 is 1.92 bits per heavy atom. The molecule has 0 saturated carbocycles. The zero-order chi connectivity index (χ0) is 18.2. The molecule has 134 valence electrons. The summed E-state index contributed by atoms with van der Waals surface area (Å²) >= 11 is 0. The van der Waals surface area contributed by atoms with Crippen LogP contribution in [0.25, 0.3) is 0 Å². The standard InChI is InChI=1S/C22H34O2/c1-17(8-6-9-18(2)16-20(24)13-15-23)11-12-21-19(3)10-7-14-22(21,4)5/h6,8-9,11-12,16,20,23-24H,7,10,13-15H2,1-5H3. The number of rotatable bonds is 7. The van der Waals surface area contributed by atoms with Gasteiger partial charge in [-0.25, -0.2) is 0 Å². The Labute approximate surface area is 148 Å². The van der Waals surface area contributed by atoms with Crippen molar-refractivity contribution in [3.63, 3.8) is 0 Å². The van der Waals surface area contributed by atoms with Crippen LogP contribution >= 0.6 is 0 Å². The fourth-order valence-electron chi connectivity index (χ4n) is 3.21. The van der Waals surface area contributed by atoms with E-state index in [1.54, 1.807) is 6.08 Å². The Kier molecular flexibility index (Phi) is 8.44. The summed E-state index contributed by atoms with van der Waals surface area (Å²) in [6.45, 7) is 11.0. The Morgan fingerprint density at radius 3 is 2.54 bits per heavy atom. The van der Waals surface area contributed by atoms with Crippen LogP contribution in [0.5, 0.6) is 0 Å². The van der Waals surface area contributed by atoms with Crippen LogP contribution in [0.1, 0.15) is 60.3 Å². The van der Waals surface area contributed by atoms with Gasteiger partial charge in [-0.1, -0.05) is 67.0 Å². The Hall–Kier alpha value is -1.38. The molecule has 2 nitrogen and oxygen atoms in total. The minimum absolute atomic E-state index is 0.00405. The van der Waals surface area contributed by atoms with Crippen molar-refractivity contribution < 1.29 is 10.2 Å². The highest BCUT2D eigenvalue weighted by Crippen LogP contribution is 2.40. The summed E-state index contributed by atoms with van der Waals surface area (Å²) in [6, 6.07) is 0. The average Bonchev–Trinajstić information content (AvgIpc) is 2.46. The van der Waals surface area contributed by atoms with E-state index in [9.17, 15) is 5.11 Å². The lowest BCUT2D eigenvalue weighted by atomic mass is 9.72. The smallest absolute Gasteiger partial charge is 0.0748 e. The minimum atomic E-state index is -0.576. The van der Waals surface area contributed by atoms with E-state index >= 15 is 0 Å². The first-order chi connectivity index (χ1) is 11.3. The van der Waals surface area contributed by atoms with Gasteiger partial charge in [-0.15, -0.1) is 0 Å². The topological polar surface area (TPSA) is 40.5 Å². The number of aliphatic hydroxyl groups is 2. The van der Waals surface area contributed by atoms with Crippen molar-refractivity contribution >= 4 is 0 Å². The predicted molar refractivity (Wildman–Crippen MR) is 104 cm³/mol. The van der Waals surface area contributed by atoms with Gasteiger partial charge >= 0.3 is 0 Å². The van der Waals surface area contributed by atoms with Gasteiger partial charge in [0.1, 0.15) is 0 Å². The number of hydrogen-bond acceptors (Lipinski definition) is 2. The number of hydrogen-bond donors (Lipinski definition) is 2. The highest BCUT2D eigenvalue weighted by atomic mass is 16.3. The Balaban J connectivity index is 2.72. The van der Waals surface area contributed by atoms with E-state index in [1.165, 1.54) is 36.0 Å². The molecule has 0 aliphatic heterocycles. The largest absolute Gasteiger partial charge is 0.396 e. The van der Waals surface area contributed by atoms with Crippen molar-refractivity contribution in [2.45, 2.75) is 66.4 Å². The molecule has 1 aliphatic rings. The van der Waals surface area contributed by atoms with E-state index in [0.717, 1.165) is 5.57 Å². The lowest BCUT2D eigenvalue weighted by Crippen LogP contribution is -2.19. The minimum Gasteiger partial charge on any atom is -0.396 e. The summed E-state index contributed by atoms with van der Waals surface area (Å²) in [5.41, 5.74) is 5.47. The fourth-order valence-corrected chi connectivity index (χ4v) is 3.21. The Bertz CT molecular complexity index is 557. The summed E-state index contributed by atoms with van der Waals surface area (Å²) in [5, 5.41) is 18.4. The second kappa shape index (κ2) is 9.80. The zero-order valence-corrected chi connectivity index (χ0v) is 16.0. The van der Waals surface area contributed by atoms with Crippen LogP contribution in [0.3, 0.4) is 0 Å². The van der Waals surface area contributed by atoms with E-state index in [1.807, 2.05) is 19.1 Å². The van der Waals surface area contributed by atoms with Gasteiger partial charge in [-0.3, -0.25) is 0 Å². The summed E-state index contributed by atoms with van der Waals surface area (Å²) < 4.78 is 0. The molecule has 0 aromatic heterocycles. The molecular weight excluding hydrogens is 296 g/mol. The molecule has 1 unspecified atom stereocenters. The van der Waals surface area contributed by atoms with Crippen molar-refractivity contribution in [2.24, 2.45) is 5.41 Å². The summed E-state index contributed by atoms with van der Waals surface area (Å²) in [4.78, 5) is 0. The van der Waals surface area contributed by atoms with Crippen LogP contribution in [-0.2, 0) is 0 Å². The first-order valence-corrected chi connectivity index (χ1v) is 8.97. The number of allylic oxidation sites excluding steroid dienone is 9. The SMILES string of the molecule is CC(C=CC1=C(C)CCCC1(C)C)=CC=CC(C)=CC(O)CCO. The third-order valence-corrected chi connectivity index (χ3v) is 4.65. The lowest BCUT2D eigenvalue weighted by molar-refractivity contribution is 0.169. The van der Waals surface area contributed by atoms with Gasteiger partial charge < -0.3 is 10.2 Å². The van der Waals surface area contributed by atoms with Gasteiger partial charge in [-0.05, 0) is 51.0 Å². The first kappa shape index (κ1) is 20.7. The van der Waals surface area contributed by atoms with Gasteiger partial charge in [0, 0.05) is 13.0 Å². The van der Waals surface area contributed by atoms with E-state index in [4.69, 9.17) is 5.11 Å². The summed E-state index contributed by atoms with van der Waals surface area (Å²) in [5.74, 6) is 0. The van der Waals surface area contributed by atoms with Crippen LogP contribution in [-0.4, -0.2) is 22.9 Å². The van der Waals surface area contributed by atoms with Crippen molar-refractivity contribution in [2.75, 3.05) is 6.61 Å². The summed E-state index contributed by atoms with van der Waals surface area (Å²) in [7, 11) is 0. The van der Waals surface area contributed by atoms with Gasteiger partial charge in [0.2, 0.25) is 0 Å². The van der Waals surface area contributed by atoms with Crippen molar-refractivity contribution in [3.05, 3.63) is 58.7 Å². The van der Waals surface area contributed by atoms with Crippen LogP contribution in [0, 0.1) is 5.41 Å².